The molecule has 0 spiro atoms. The molecule has 0 unspecified atom stereocenters. The van der Waals surface area contributed by atoms with Gasteiger partial charge in [0.2, 0.25) is 0 Å². The highest BCUT2D eigenvalue weighted by atomic mass is 16.5. The van der Waals surface area contributed by atoms with E-state index in [2.05, 4.69) is 10.2 Å². The van der Waals surface area contributed by atoms with Crippen LogP contribution < -0.4 is 0 Å². The topological polar surface area (TPSA) is 60.2 Å². The summed E-state index contributed by atoms with van der Waals surface area (Å²) < 4.78 is 7.14. The van der Waals surface area contributed by atoms with Crippen molar-refractivity contribution in [2.75, 3.05) is 13.7 Å². The van der Waals surface area contributed by atoms with Gasteiger partial charge in [-0.2, -0.15) is 0 Å². The van der Waals surface area contributed by atoms with Crippen molar-refractivity contribution in [1.82, 2.24) is 14.8 Å². The maximum atomic E-state index is 9.32. The highest BCUT2D eigenvalue weighted by Crippen LogP contribution is 2.25. The number of aromatic nitrogens is 3. The van der Waals surface area contributed by atoms with Crippen LogP contribution in [-0.2, 0) is 24.3 Å². The van der Waals surface area contributed by atoms with Gasteiger partial charge in [-0.25, -0.2) is 0 Å². The summed E-state index contributed by atoms with van der Waals surface area (Å²) in [5.74, 6) is 2.38. The molecule has 0 aliphatic heterocycles. The van der Waals surface area contributed by atoms with Gasteiger partial charge in [0.05, 0.1) is 6.61 Å². The van der Waals surface area contributed by atoms with Gasteiger partial charge in [0.1, 0.15) is 12.4 Å². The largest absolute Gasteiger partial charge is 0.388 e. The zero-order valence-electron chi connectivity index (χ0n) is 11.8. The molecular weight excluding hydrogens is 242 g/mol. The zero-order chi connectivity index (χ0) is 13.5. The molecule has 0 bridgehead atoms. The summed E-state index contributed by atoms with van der Waals surface area (Å²) in [7, 11) is 1.69. The Morgan fingerprint density at radius 3 is 2.47 bits per heavy atom. The molecule has 19 heavy (non-hydrogen) atoms. The highest BCUT2D eigenvalue weighted by Gasteiger charge is 2.18. The van der Waals surface area contributed by atoms with E-state index in [9.17, 15) is 5.11 Å². The summed E-state index contributed by atoms with van der Waals surface area (Å²) in [4.78, 5) is 0. The zero-order valence-corrected chi connectivity index (χ0v) is 11.8. The van der Waals surface area contributed by atoms with Crippen LogP contribution in [0.4, 0.5) is 0 Å². The van der Waals surface area contributed by atoms with Gasteiger partial charge in [0, 0.05) is 20.1 Å². The van der Waals surface area contributed by atoms with Gasteiger partial charge >= 0.3 is 0 Å². The van der Waals surface area contributed by atoms with Gasteiger partial charge in [-0.15, -0.1) is 10.2 Å². The minimum atomic E-state index is -0.0542. The molecule has 1 aliphatic rings. The van der Waals surface area contributed by atoms with Gasteiger partial charge in [-0.05, 0) is 5.92 Å². The van der Waals surface area contributed by atoms with Crippen molar-refractivity contribution in [3.05, 3.63) is 11.6 Å². The number of methoxy groups -OCH3 is 1. The Bertz CT molecular complexity index is 371. The van der Waals surface area contributed by atoms with E-state index in [1.165, 1.54) is 38.5 Å². The molecule has 0 amide bonds. The standard InChI is InChI=1S/C14H25N3O2/c1-19-9-8-17-13(15-16-14(17)11-18)10-12-6-4-2-3-5-7-12/h12,18H,2-11H2,1H3. The first-order chi connectivity index (χ1) is 9.35. The van der Waals surface area contributed by atoms with Crippen molar-refractivity contribution in [1.29, 1.82) is 0 Å². The van der Waals surface area contributed by atoms with Crippen LogP contribution in [0.5, 0.6) is 0 Å². The summed E-state index contributed by atoms with van der Waals surface area (Å²) in [5.41, 5.74) is 0. The molecule has 1 saturated carbocycles. The molecule has 0 atom stereocenters. The third-order valence-corrected chi connectivity index (χ3v) is 4.01. The molecule has 1 heterocycles. The fourth-order valence-corrected chi connectivity index (χ4v) is 2.91. The lowest BCUT2D eigenvalue weighted by molar-refractivity contribution is 0.181. The van der Waals surface area contributed by atoms with Crippen LogP contribution in [-0.4, -0.2) is 33.6 Å². The Morgan fingerprint density at radius 1 is 1.16 bits per heavy atom. The summed E-state index contributed by atoms with van der Waals surface area (Å²) >= 11 is 0. The van der Waals surface area contributed by atoms with Crippen molar-refractivity contribution in [3.63, 3.8) is 0 Å². The quantitative estimate of drug-likeness (QED) is 0.800. The van der Waals surface area contributed by atoms with Crippen molar-refractivity contribution < 1.29 is 9.84 Å². The summed E-state index contributed by atoms with van der Waals surface area (Å²) in [6.07, 6.45) is 8.99. The molecule has 1 N–H and O–H groups in total. The second kappa shape index (κ2) is 7.60. The molecule has 1 aliphatic carbocycles. The fourth-order valence-electron chi connectivity index (χ4n) is 2.91. The lowest BCUT2D eigenvalue weighted by atomic mass is 9.96. The van der Waals surface area contributed by atoms with Gasteiger partial charge in [0.15, 0.2) is 5.82 Å². The second-order valence-corrected chi connectivity index (χ2v) is 5.40. The molecular formula is C14H25N3O2. The average molecular weight is 267 g/mol. The Kier molecular flexibility index (Phi) is 5.79. The van der Waals surface area contributed by atoms with E-state index >= 15 is 0 Å². The molecule has 108 valence electrons. The molecule has 0 aromatic carbocycles. The molecule has 1 aromatic rings. The fraction of sp³-hybridized carbons (Fsp3) is 0.857. The summed E-state index contributed by atoms with van der Waals surface area (Å²) in [6, 6.07) is 0. The van der Waals surface area contributed by atoms with E-state index in [0.29, 0.717) is 12.4 Å². The molecule has 2 rings (SSSR count). The van der Waals surface area contributed by atoms with Gasteiger partial charge in [0.25, 0.3) is 0 Å². The van der Waals surface area contributed by atoms with E-state index in [1.807, 2.05) is 4.57 Å². The number of rotatable bonds is 6. The van der Waals surface area contributed by atoms with Crippen LogP contribution in [0.15, 0.2) is 0 Å². The van der Waals surface area contributed by atoms with E-state index in [4.69, 9.17) is 4.74 Å². The Hall–Kier alpha value is -0.940. The van der Waals surface area contributed by atoms with E-state index in [0.717, 1.165) is 24.7 Å². The van der Waals surface area contributed by atoms with Crippen molar-refractivity contribution in [3.8, 4) is 0 Å². The molecule has 5 nitrogen and oxygen atoms in total. The first-order valence-corrected chi connectivity index (χ1v) is 7.36. The minimum Gasteiger partial charge on any atom is -0.388 e. The first-order valence-electron chi connectivity index (χ1n) is 7.36. The van der Waals surface area contributed by atoms with Crippen molar-refractivity contribution in [2.45, 2.75) is 58.1 Å². The van der Waals surface area contributed by atoms with Gasteiger partial charge in [-0.1, -0.05) is 38.5 Å². The predicted molar refractivity (Wildman–Crippen MR) is 72.7 cm³/mol. The third-order valence-electron chi connectivity index (χ3n) is 4.01. The van der Waals surface area contributed by atoms with Crippen LogP contribution in [0.2, 0.25) is 0 Å². The number of hydrogen-bond donors (Lipinski definition) is 1. The number of aliphatic hydroxyl groups excluding tert-OH is 1. The van der Waals surface area contributed by atoms with Crippen LogP contribution in [0.1, 0.15) is 50.2 Å². The number of aliphatic hydroxyl groups is 1. The molecule has 5 heteroatoms. The monoisotopic (exact) mass is 267 g/mol. The molecule has 1 fully saturated rings. The normalized spacial score (nSPS) is 17.6. The second-order valence-electron chi connectivity index (χ2n) is 5.40. The van der Waals surface area contributed by atoms with Crippen LogP contribution in [0.25, 0.3) is 0 Å². The summed E-state index contributed by atoms with van der Waals surface area (Å²) in [5, 5.41) is 17.7. The molecule has 1 aromatic heterocycles. The molecule has 0 saturated heterocycles. The van der Waals surface area contributed by atoms with E-state index < -0.39 is 0 Å². The van der Waals surface area contributed by atoms with Crippen LogP contribution in [0, 0.1) is 5.92 Å². The lowest BCUT2D eigenvalue weighted by Gasteiger charge is -2.15. The summed E-state index contributed by atoms with van der Waals surface area (Å²) in [6.45, 7) is 1.30. The Morgan fingerprint density at radius 2 is 1.84 bits per heavy atom. The van der Waals surface area contributed by atoms with Crippen molar-refractivity contribution >= 4 is 0 Å². The van der Waals surface area contributed by atoms with E-state index in [-0.39, 0.29) is 6.61 Å². The maximum absolute atomic E-state index is 9.32. The smallest absolute Gasteiger partial charge is 0.158 e. The predicted octanol–water partition coefficient (Wildman–Crippen LogP) is 1.93. The Labute approximate surface area is 115 Å². The lowest BCUT2D eigenvalue weighted by Crippen LogP contribution is -2.15. The number of ether oxygens (including phenoxy) is 1. The SMILES string of the molecule is COCCn1c(CO)nnc1CC1CCCCCC1. The van der Waals surface area contributed by atoms with Crippen molar-refractivity contribution in [2.24, 2.45) is 5.92 Å². The number of nitrogens with zero attached hydrogens (tertiary/aromatic N) is 3. The highest BCUT2D eigenvalue weighted by molar-refractivity contribution is 4.96. The average Bonchev–Trinajstić information content (AvgIpc) is 2.62. The number of hydrogen-bond acceptors (Lipinski definition) is 4. The van der Waals surface area contributed by atoms with Gasteiger partial charge in [-0.3, -0.25) is 0 Å². The third kappa shape index (κ3) is 4.01. The van der Waals surface area contributed by atoms with Crippen LogP contribution >= 0.6 is 0 Å². The van der Waals surface area contributed by atoms with E-state index in [1.54, 1.807) is 7.11 Å². The minimum absolute atomic E-state index is 0.0542. The van der Waals surface area contributed by atoms with Gasteiger partial charge < -0.3 is 14.4 Å². The first kappa shape index (κ1) is 14.5. The maximum Gasteiger partial charge on any atom is 0.158 e. The molecule has 0 radical (unpaired) electrons. The van der Waals surface area contributed by atoms with Crippen LogP contribution in [0.3, 0.4) is 0 Å². The Balaban J connectivity index is 2.03.